The lowest BCUT2D eigenvalue weighted by molar-refractivity contribution is -0.120. The summed E-state index contributed by atoms with van der Waals surface area (Å²) in [6.45, 7) is -0.185. The van der Waals surface area contributed by atoms with Crippen molar-refractivity contribution in [1.82, 2.24) is 0 Å². The van der Waals surface area contributed by atoms with Crippen molar-refractivity contribution in [3.8, 4) is 5.75 Å². The second-order valence-corrected chi connectivity index (χ2v) is 4.65. The molecule has 0 aliphatic rings. The van der Waals surface area contributed by atoms with Gasteiger partial charge in [-0.05, 0) is 48.0 Å². The highest BCUT2D eigenvalue weighted by Crippen LogP contribution is 2.13. The largest absolute Gasteiger partial charge is 0.484 e. The van der Waals surface area contributed by atoms with Crippen LogP contribution in [0.15, 0.2) is 54.6 Å². The Morgan fingerprint density at radius 1 is 1.09 bits per heavy atom. The van der Waals surface area contributed by atoms with Gasteiger partial charge in [-0.2, -0.15) is 0 Å². The highest BCUT2D eigenvalue weighted by atomic mass is 19.1. The fraction of sp³-hybridized carbons (Fsp3) is 0.0588. The Bertz CT molecular complexity index is 710. The van der Waals surface area contributed by atoms with Crippen molar-refractivity contribution in [2.24, 2.45) is 5.73 Å². The summed E-state index contributed by atoms with van der Waals surface area (Å²) in [5.74, 6) is -0.731. The zero-order chi connectivity index (χ0) is 16.7. The summed E-state index contributed by atoms with van der Waals surface area (Å²) in [5.41, 5.74) is 6.28. The minimum atomic E-state index is -0.550. The van der Waals surface area contributed by atoms with Crippen LogP contribution in [0.1, 0.15) is 5.56 Å². The molecule has 0 saturated heterocycles. The molecule has 118 valence electrons. The summed E-state index contributed by atoms with van der Waals surface area (Å²) >= 11 is 0. The summed E-state index contributed by atoms with van der Waals surface area (Å²) < 4.78 is 17.9. The number of hydrogen-bond acceptors (Lipinski definition) is 3. The van der Waals surface area contributed by atoms with E-state index in [2.05, 4.69) is 5.32 Å². The first kappa shape index (κ1) is 16.2. The Morgan fingerprint density at radius 2 is 1.74 bits per heavy atom. The third-order valence-corrected chi connectivity index (χ3v) is 2.80. The van der Waals surface area contributed by atoms with Gasteiger partial charge in [0.2, 0.25) is 5.91 Å². The average Bonchev–Trinajstić information content (AvgIpc) is 2.54. The molecule has 0 heterocycles. The molecule has 0 spiro atoms. The zero-order valence-electron chi connectivity index (χ0n) is 12.2. The van der Waals surface area contributed by atoms with Crippen LogP contribution in [0, 0.1) is 5.82 Å². The topological polar surface area (TPSA) is 81.4 Å². The Labute approximate surface area is 132 Å². The van der Waals surface area contributed by atoms with Gasteiger partial charge in [-0.15, -0.1) is 0 Å². The van der Waals surface area contributed by atoms with Crippen LogP contribution in [0.2, 0.25) is 0 Å². The molecule has 0 saturated carbocycles. The van der Waals surface area contributed by atoms with Gasteiger partial charge in [-0.1, -0.05) is 12.1 Å². The van der Waals surface area contributed by atoms with Gasteiger partial charge >= 0.3 is 0 Å². The highest BCUT2D eigenvalue weighted by molar-refractivity contribution is 6.01. The maximum Gasteiger partial charge on any atom is 0.255 e. The number of anilines is 1. The van der Waals surface area contributed by atoms with E-state index in [-0.39, 0.29) is 18.3 Å². The van der Waals surface area contributed by atoms with Gasteiger partial charge < -0.3 is 15.8 Å². The standard InChI is InChI=1S/C17H15FN2O3/c18-13-4-6-14(7-5-13)20-17(22)10-3-12-1-8-15(9-2-12)23-11-16(19)21/h1-10H,11H2,(H2,19,21)(H,20,22)/b10-3+. The molecule has 0 aromatic heterocycles. The fourth-order valence-electron chi connectivity index (χ4n) is 1.72. The summed E-state index contributed by atoms with van der Waals surface area (Å²) in [6.07, 6.45) is 2.99. The van der Waals surface area contributed by atoms with Crippen LogP contribution < -0.4 is 15.8 Å². The van der Waals surface area contributed by atoms with Crippen molar-refractivity contribution in [2.75, 3.05) is 11.9 Å². The zero-order valence-corrected chi connectivity index (χ0v) is 12.2. The van der Waals surface area contributed by atoms with Crippen molar-refractivity contribution in [2.45, 2.75) is 0 Å². The number of nitrogens with one attached hydrogen (secondary N) is 1. The van der Waals surface area contributed by atoms with Crippen LogP contribution in [-0.2, 0) is 9.59 Å². The van der Waals surface area contributed by atoms with E-state index in [1.54, 1.807) is 30.3 Å². The Morgan fingerprint density at radius 3 is 2.35 bits per heavy atom. The van der Waals surface area contributed by atoms with E-state index in [0.717, 1.165) is 5.56 Å². The van der Waals surface area contributed by atoms with E-state index in [4.69, 9.17) is 10.5 Å². The van der Waals surface area contributed by atoms with Crippen LogP contribution in [0.25, 0.3) is 6.08 Å². The van der Waals surface area contributed by atoms with E-state index in [1.807, 2.05) is 0 Å². The van der Waals surface area contributed by atoms with E-state index in [9.17, 15) is 14.0 Å². The molecule has 6 heteroatoms. The Kier molecular flexibility index (Phi) is 5.46. The fourth-order valence-corrected chi connectivity index (χ4v) is 1.72. The first-order valence-electron chi connectivity index (χ1n) is 6.79. The minimum absolute atomic E-state index is 0.185. The number of ether oxygens (including phenoxy) is 1. The van der Waals surface area contributed by atoms with Crippen LogP contribution in [0.5, 0.6) is 5.75 Å². The summed E-state index contributed by atoms with van der Waals surface area (Å²) in [6, 6.07) is 12.3. The molecule has 0 fully saturated rings. The number of halogens is 1. The number of nitrogens with two attached hydrogens (primary N) is 1. The Balaban J connectivity index is 1.90. The molecule has 0 atom stereocenters. The second kappa shape index (κ2) is 7.74. The summed E-state index contributed by atoms with van der Waals surface area (Å²) in [4.78, 5) is 22.4. The molecule has 2 aromatic rings. The molecule has 0 bridgehead atoms. The molecule has 5 nitrogen and oxygen atoms in total. The lowest BCUT2D eigenvalue weighted by Crippen LogP contribution is -2.19. The molecular formula is C17H15FN2O3. The van der Waals surface area contributed by atoms with E-state index >= 15 is 0 Å². The maximum absolute atomic E-state index is 12.8. The van der Waals surface area contributed by atoms with Gasteiger partial charge in [0, 0.05) is 11.8 Å². The molecule has 0 aliphatic heterocycles. The predicted molar refractivity (Wildman–Crippen MR) is 85.2 cm³/mol. The number of carbonyl (C=O) groups is 2. The Hall–Kier alpha value is -3.15. The predicted octanol–water partition coefficient (Wildman–Crippen LogP) is 2.34. The van der Waals surface area contributed by atoms with Gasteiger partial charge in [0.05, 0.1) is 0 Å². The first-order chi connectivity index (χ1) is 11.0. The first-order valence-corrected chi connectivity index (χ1v) is 6.79. The number of hydrogen-bond donors (Lipinski definition) is 2. The van der Waals surface area contributed by atoms with E-state index < -0.39 is 5.91 Å². The van der Waals surface area contributed by atoms with Crippen molar-refractivity contribution >= 4 is 23.6 Å². The molecule has 23 heavy (non-hydrogen) atoms. The number of amides is 2. The minimum Gasteiger partial charge on any atom is -0.484 e. The van der Waals surface area contributed by atoms with Gasteiger partial charge in [0.15, 0.2) is 6.61 Å². The van der Waals surface area contributed by atoms with Crippen LogP contribution in [0.4, 0.5) is 10.1 Å². The molecular weight excluding hydrogens is 299 g/mol. The van der Waals surface area contributed by atoms with Crippen LogP contribution in [0.3, 0.4) is 0 Å². The number of primary amides is 1. The average molecular weight is 314 g/mol. The molecule has 3 N–H and O–H groups in total. The quantitative estimate of drug-likeness (QED) is 0.803. The molecule has 2 amide bonds. The van der Waals surface area contributed by atoms with Crippen LogP contribution >= 0.6 is 0 Å². The van der Waals surface area contributed by atoms with Crippen molar-refractivity contribution in [1.29, 1.82) is 0 Å². The molecule has 0 aliphatic carbocycles. The van der Waals surface area contributed by atoms with Crippen molar-refractivity contribution in [3.63, 3.8) is 0 Å². The van der Waals surface area contributed by atoms with Crippen molar-refractivity contribution < 1.29 is 18.7 Å². The molecule has 2 rings (SSSR count). The van der Waals surface area contributed by atoms with Crippen molar-refractivity contribution in [3.05, 3.63) is 66.0 Å². The number of benzene rings is 2. The third kappa shape index (κ3) is 5.62. The maximum atomic E-state index is 12.8. The second-order valence-electron chi connectivity index (χ2n) is 4.65. The molecule has 2 aromatic carbocycles. The SMILES string of the molecule is NC(=O)COc1ccc(/C=C/C(=O)Nc2ccc(F)cc2)cc1. The molecule has 0 radical (unpaired) electrons. The third-order valence-electron chi connectivity index (χ3n) is 2.80. The highest BCUT2D eigenvalue weighted by Gasteiger charge is 1.99. The lowest BCUT2D eigenvalue weighted by atomic mass is 10.2. The smallest absolute Gasteiger partial charge is 0.255 e. The number of rotatable bonds is 6. The van der Waals surface area contributed by atoms with Crippen LogP contribution in [-0.4, -0.2) is 18.4 Å². The summed E-state index contributed by atoms with van der Waals surface area (Å²) in [7, 11) is 0. The van der Waals surface area contributed by atoms with Gasteiger partial charge in [-0.25, -0.2) is 4.39 Å². The lowest BCUT2D eigenvalue weighted by Gasteiger charge is -2.03. The van der Waals surface area contributed by atoms with Gasteiger partial charge in [-0.3, -0.25) is 9.59 Å². The monoisotopic (exact) mass is 314 g/mol. The number of carbonyl (C=O) groups excluding carboxylic acids is 2. The van der Waals surface area contributed by atoms with Gasteiger partial charge in [0.25, 0.3) is 5.91 Å². The van der Waals surface area contributed by atoms with E-state index in [1.165, 1.54) is 30.3 Å². The van der Waals surface area contributed by atoms with Gasteiger partial charge in [0.1, 0.15) is 11.6 Å². The van der Waals surface area contributed by atoms with E-state index in [0.29, 0.717) is 11.4 Å². The molecule has 0 unspecified atom stereocenters. The normalized spacial score (nSPS) is 10.5. The summed E-state index contributed by atoms with van der Waals surface area (Å²) in [5, 5.41) is 2.62.